The number of anilines is 1. The molecule has 0 saturated carbocycles. The first-order valence-electron chi connectivity index (χ1n) is 8.06. The molecule has 1 aromatic rings. The quantitative estimate of drug-likeness (QED) is 0.902. The summed E-state index contributed by atoms with van der Waals surface area (Å²) in [7, 11) is 0. The van der Waals surface area contributed by atoms with Gasteiger partial charge in [-0.15, -0.1) is 0 Å². The normalized spacial score (nSPS) is 18.3. The molecule has 1 fully saturated rings. The van der Waals surface area contributed by atoms with Gasteiger partial charge in [-0.05, 0) is 38.2 Å². The first-order valence-corrected chi connectivity index (χ1v) is 8.06. The van der Waals surface area contributed by atoms with Gasteiger partial charge < -0.3 is 10.2 Å². The van der Waals surface area contributed by atoms with Gasteiger partial charge in [-0.25, -0.2) is 0 Å². The van der Waals surface area contributed by atoms with Crippen LogP contribution in [0.15, 0.2) is 12.3 Å². The van der Waals surface area contributed by atoms with Crippen molar-refractivity contribution in [2.24, 2.45) is 5.92 Å². The number of nitrogens with zero attached hydrogens (tertiary/aromatic N) is 2. The van der Waals surface area contributed by atoms with Gasteiger partial charge in [0.05, 0.1) is 11.3 Å². The van der Waals surface area contributed by atoms with Crippen LogP contribution in [-0.4, -0.2) is 34.9 Å². The second-order valence-corrected chi connectivity index (χ2v) is 6.25. The van der Waals surface area contributed by atoms with Gasteiger partial charge in [-0.3, -0.25) is 9.78 Å². The predicted octanol–water partition coefficient (Wildman–Crippen LogP) is 3.47. The van der Waals surface area contributed by atoms with Crippen molar-refractivity contribution in [3.63, 3.8) is 0 Å². The molecule has 0 aromatic carbocycles. The number of carbonyl (C=O) groups is 1. The third-order valence-corrected chi connectivity index (χ3v) is 4.17. The molecule has 1 aliphatic rings. The van der Waals surface area contributed by atoms with E-state index >= 15 is 0 Å². The Morgan fingerprint density at radius 1 is 1.52 bits per heavy atom. The lowest BCUT2D eigenvalue weighted by atomic mass is 10.0. The van der Waals surface area contributed by atoms with Crippen LogP contribution >= 0.6 is 0 Å². The summed E-state index contributed by atoms with van der Waals surface area (Å²) in [5, 5.41) is 3.36. The van der Waals surface area contributed by atoms with E-state index in [1.165, 1.54) is 0 Å². The molecule has 21 heavy (non-hydrogen) atoms. The van der Waals surface area contributed by atoms with Crippen LogP contribution in [0.5, 0.6) is 0 Å². The van der Waals surface area contributed by atoms with Gasteiger partial charge in [0, 0.05) is 31.0 Å². The fraction of sp³-hybridized carbons (Fsp3) is 0.647. The minimum absolute atomic E-state index is 0.123. The minimum atomic E-state index is 0.123. The third kappa shape index (κ3) is 3.55. The van der Waals surface area contributed by atoms with E-state index < -0.39 is 0 Å². The number of rotatable bonds is 5. The summed E-state index contributed by atoms with van der Waals surface area (Å²) in [5.41, 5.74) is 2.57. The number of carbonyl (C=O) groups excluding carboxylic acids is 1. The summed E-state index contributed by atoms with van der Waals surface area (Å²) in [6.07, 6.45) is 4.98. The Bertz CT molecular complexity index is 499. The fourth-order valence-electron chi connectivity index (χ4n) is 3.03. The van der Waals surface area contributed by atoms with Crippen LogP contribution in [0.2, 0.25) is 0 Å². The zero-order chi connectivity index (χ0) is 15.4. The summed E-state index contributed by atoms with van der Waals surface area (Å²) in [6, 6.07) is 2.33. The van der Waals surface area contributed by atoms with Crippen LogP contribution in [0.4, 0.5) is 5.69 Å². The lowest BCUT2D eigenvalue weighted by Crippen LogP contribution is -2.38. The lowest BCUT2D eigenvalue weighted by molar-refractivity contribution is 0.0702. The highest BCUT2D eigenvalue weighted by molar-refractivity contribution is 5.99. The molecule has 4 heteroatoms. The maximum absolute atomic E-state index is 12.9. The number of aryl methyl sites for hydroxylation is 1. The van der Waals surface area contributed by atoms with Crippen LogP contribution in [0.1, 0.15) is 56.1 Å². The summed E-state index contributed by atoms with van der Waals surface area (Å²) >= 11 is 0. The molecule has 0 bridgehead atoms. The molecule has 1 aliphatic heterocycles. The summed E-state index contributed by atoms with van der Waals surface area (Å²) in [5.74, 6) is 0.624. The van der Waals surface area contributed by atoms with Crippen molar-refractivity contribution >= 4 is 11.6 Å². The molecule has 1 saturated heterocycles. The van der Waals surface area contributed by atoms with Gasteiger partial charge in [0.25, 0.3) is 5.91 Å². The molecule has 1 atom stereocenters. The molecule has 0 radical (unpaired) electrons. The highest BCUT2D eigenvalue weighted by atomic mass is 16.2. The Morgan fingerprint density at radius 2 is 2.29 bits per heavy atom. The van der Waals surface area contributed by atoms with Crippen LogP contribution in [0.25, 0.3) is 0 Å². The molecular formula is C17H27N3O. The molecule has 116 valence electrons. The number of amides is 1. The van der Waals surface area contributed by atoms with Crippen LogP contribution in [0, 0.1) is 12.8 Å². The Kier molecular flexibility index (Phi) is 5.21. The van der Waals surface area contributed by atoms with Crippen molar-refractivity contribution in [3.05, 3.63) is 23.5 Å². The monoisotopic (exact) mass is 289 g/mol. The second kappa shape index (κ2) is 6.92. The maximum Gasteiger partial charge on any atom is 0.257 e. The Balaban J connectivity index is 2.25. The average Bonchev–Trinajstić information content (AvgIpc) is 2.94. The summed E-state index contributed by atoms with van der Waals surface area (Å²) < 4.78 is 0. The highest BCUT2D eigenvalue weighted by Gasteiger charge is 2.32. The van der Waals surface area contributed by atoms with E-state index in [4.69, 9.17) is 0 Å². The van der Waals surface area contributed by atoms with Gasteiger partial charge in [-0.2, -0.15) is 0 Å². The first-order chi connectivity index (χ1) is 10.0. The molecular weight excluding hydrogens is 262 g/mol. The van der Waals surface area contributed by atoms with Crippen LogP contribution in [0.3, 0.4) is 0 Å². The van der Waals surface area contributed by atoms with E-state index in [1.54, 1.807) is 6.20 Å². The van der Waals surface area contributed by atoms with E-state index in [0.717, 1.165) is 43.7 Å². The van der Waals surface area contributed by atoms with Crippen molar-refractivity contribution < 1.29 is 4.79 Å². The van der Waals surface area contributed by atoms with Crippen molar-refractivity contribution in [2.75, 3.05) is 18.4 Å². The largest absolute Gasteiger partial charge is 0.384 e. The fourth-order valence-corrected chi connectivity index (χ4v) is 3.03. The standard InChI is InChI=1S/C17H27N3O/c1-5-8-18-15-10-13(4)19-11-14(15)17(21)20-9-6-7-16(20)12(2)3/h10-12,16H,5-9H2,1-4H3,(H,18,19). The van der Waals surface area contributed by atoms with Crippen molar-refractivity contribution in [1.29, 1.82) is 0 Å². The van der Waals surface area contributed by atoms with E-state index in [9.17, 15) is 4.79 Å². The summed E-state index contributed by atoms with van der Waals surface area (Å²) in [6.45, 7) is 10.2. The smallest absolute Gasteiger partial charge is 0.257 e. The van der Waals surface area contributed by atoms with Crippen LogP contribution in [-0.2, 0) is 0 Å². The van der Waals surface area contributed by atoms with Gasteiger partial charge >= 0.3 is 0 Å². The van der Waals surface area contributed by atoms with E-state index in [-0.39, 0.29) is 5.91 Å². The minimum Gasteiger partial charge on any atom is -0.384 e. The van der Waals surface area contributed by atoms with Crippen LogP contribution < -0.4 is 5.32 Å². The molecule has 0 aliphatic carbocycles. The molecule has 2 heterocycles. The second-order valence-electron chi connectivity index (χ2n) is 6.25. The average molecular weight is 289 g/mol. The number of pyridine rings is 1. The third-order valence-electron chi connectivity index (χ3n) is 4.17. The molecule has 1 amide bonds. The van der Waals surface area contributed by atoms with Gasteiger partial charge in [0.2, 0.25) is 0 Å². The number of likely N-dealkylation sites (tertiary alicyclic amines) is 1. The van der Waals surface area contributed by atoms with Crippen molar-refractivity contribution in [1.82, 2.24) is 9.88 Å². The van der Waals surface area contributed by atoms with E-state index in [0.29, 0.717) is 17.5 Å². The maximum atomic E-state index is 12.9. The van der Waals surface area contributed by atoms with E-state index in [1.807, 2.05) is 17.9 Å². The highest BCUT2D eigenvalue weighted by Crippen LogP contribution is 2.27. The first kappa shape index (κ1) is 15.8. The molecule has 1 N–H and O–H groups in total. The Labute approximate surface area is 127 Å². The molecule has 2 rings (SSSR count). The number of hydrogen-bond donors (Lipinski definition) is 1. The predicted molar refractivity (Wildman–Crippen MR) is 86.7 cm³/mol. The topological polar surface area (TPSA) is 45.2 Å². The van der Waals surface area contributed by atoms with Gasteiger partial charge in [0.15, 0.2) is 0 Å². The summed E-state index contributed by atoms with van der Waals surface area (Å²) in [4.78, 5) is 19.3. The molecule has 1 unspecified atom stereocenters. The van der Waals surface area contributed by atoms with Crippen molar-refractivity contribution in [2.45, 2.75) is 53.0 Å². The SMILES string of the molecule is CCCNc1cc(C)ncc1C(=O)N1CCCC1C(C)C. The number of hydrogen-bond acceptors (Lipinski definition) is 3. The molecule has 1 aromatic heterocycles. The van der Waals surface area contributed by atoms with E-state index in [2.05, 4.69) is 31.1 Å². The molecule has 0 spiro atoms. The number of nitrogens with one attached hydrogen (secondary N) is 1. The van der Waals surface area contributed by atoms with Crippen molar-refractivity contribution in [3.8, 4) is 0 Å². The van der Waals surface area contributed by atoms with Gasteiger partial charge in [-0.1, -0.05) is 20.8 Å². The Hall–Kier alpha value is -1.58. The Morgan fingerprint density at radius 3 is 2.95 bits per heavy atom. The zero-order valence-corrected chi connectivity index (χ0v) is 13.6. The lowest BCUT2D eigenvalue weighted by Gasteiger charge is -2.28. The zero-order valence-electron chi connectivity index (χ0n) is 13.6. The van der Waals surface area contributed by atoms with Gasteiger partial charge in [0.1, 0.15) is 0 Å². The number of aromatic nitrogens is 1. The molecule has 4 nitrogen and oxygen atoms in total.